The first-order valence-corrected chi connectivity index (χ1v) is 11.5. The molecule has 4 heteroatoms. The summed E-state index contributed by atoms with van der Waals surface area (Å²) in [6, 6.07) is 17.0. The second-order valence-corrected chi connectivity index (χ2v) is 10.3. The average Bonchev–Trinajstić information content (AvgIpc) is 3.26. The van der Waals surface area contributed by atoms with Crippen molar-refractivity contribution in [2.45, 2.75) is 52.2 Å². The molecule has 2 bridgehead atoms. The number of hydrogen-bond donors (Lipinski definition) is 1. The van der Waals surface area contributed by atoms with Crippen LogP contribution in [-0.2, 0) is 9.53 Å². The molecule has 1 heterocycles. The van der Waals surface area contributed by atoms with E-state index in [1.807, 2.05) is 12.1 Å². The maximum absolute atomic E-state index is 12.1. The van der Waals surface area contributed by atoms with E-state index in [-0.39, 0.29) is 28.9 Å². The summed E-state index contributed by atoms with van der Waals surface area (Å²) in [6.07, 6.45) is 3.41. The van der Waals surface area contributed by atoms with Crippen LogP contribution < -0.4 is 10.1 Å². The van der Waals surface area contributed by atoms with E-state index in [2.05, 4.69) is 55.6 Å². The fraction of sp³-hybridized carbons (Fsp3) is 0.519. The fourth-order valence-corrected chi connectivity index (χ4v) is 7.16. The summed E-state index contributed by atoms with van der Waals surface area (Å²) < 4.78 is 12.2. The summed E-state index contributed by atoms with van der Waals surface area (Å²) in [5.74, 6) is 1.98. The van der Waals surface area contributed by atoms with Gasteiger partial charge in [-0.05, 0) is 59.1 Å². The Kier molecular flexibility index (Phi) is 4.89. The van der Waals surface area contributed by atoms with Crippen LogP contribution in [0.15, 0.2) is 48.5 Å². The molecule has 4 nitrogen and oxygen atoms in total. The monoisotopic (exact) mass is 419 g/mol. The lowest BCUT2D eigenvalue weighted by atomic mass is 9.58. The molecule has 5 atom stereocenters. The minimum absolute atomic E-state index is 0.0345. The van der Waals surface area contributed by atoms with Gasteiger partial charge in [0.15, 0.2) is 0 Å². The lowest BCUT2D eigenvalue weighted by Gasteiger charge is -2.53. The van der Waals surface area contributed by atoms with Crippen molar-refractivity contribution in [2.75, 3.05) is 13.7 Å². The van der Waals surface area contributed by atoms with E-state index in [1.54, 1.807) is 14.0 Å². The third kappa shape index (κ3) is 3.02. The smallest absolute Gasteiger partial charge is 0.217 e. The van der Waals surface area contributed by atoms with Crippen molar-refractivity contribution in [2.24, 2.45) is 22.7 Å². The summed E-state index contributed by atoms with van der Waals surface area (Å²) in [7, 11) is 1.73. The van der Waals surface area contributed by atoms with Crippen molar-refractivity contribution in [3.05, 3.63) is 54.1 Å². The number of carbonyl (C=O) groups is 1. The number of fused-ring (bicyclic) bond motifs is 1. The molecular weight excluding hydrogens is 386 g/mol. The molecule has 2 aromatic rings. The summed E-state index contributed by atoms with van der Waals surface area (Å²) >= 11 is 0. The van der Waals surface area contributed by atoms with Gasteiger partial charge in [-0.25, -0.2) is 0 Å². The van der Waals surface area contributed by atoms with Crippen molar-refractivity contribution in [1.29, 1.82) is 0 Å². The number of nitrogens with one attached hydrogen (secondary N) is 1. The Morgan fingerprint density at radius 2 is 1.81 bits per heavy atom. The first-order chi connectivity index (χ1) is 14.9. The largest absolute Gasteiger partial charge is 0.496 e. The molecule has 1 unspecified atom stereocenters. The number of benzene rings is 2. The van der Waals surface area contributed by atoms with Crippen LogP contribution in [0.1, 0.15) is 51.7 Å². The first kappa shape index (κ1) is 20.6. The van der Waals surface area contributed by atoms with Gasteiger partial charge in [-0.1, -0.05) is 56.3 Å². The molecule has 3 aliphatic rings. The first-order valence-electron chi connectivity index (χ1n) is 11.5. The van der Waals surface area contributed by atoms with Gasteiger partial charge in [0.2, 0.25) is 5.91 Å². The number of rotatable bonds is 4. The van der Waals surface area contributed by atoms with Gasteiger partial charge in [-0.2, -0.15) is 0 Å². The van der Waals surface area contributed by atoms with Crippen LogP contribution in [0.25, 0.3) is 11.1 Å². The Bertz CT molecular complexity index is 999. The molecule has 1 amide bonds. The molecular formula is C27H33NO3. The Hall–Kier alpha value is -2.33. The van der Waals surface area contributed by atoms with Crippen LogP contribution in [0, 0.1) is 22.7 Å². The predicted molar refractivity (Wildman–Crippen MR) is 122 cm³/mol. The van der Waals surface area contributed by atoms with Crippen molar-refractivity contribution in [1.82, 2.24) is 5.32 Å². The Balaban J connectivity index is 1.58. The molecule has 2 aromatic carbocycles. The third-order valence-corrected chi connectivity index (χ3v) is 8.52. The van der Waals surface area contributed by atoms with E-state index in [1.165, 1.54) is 17.5 Å². The van der Waals surface area contributed by atoms with E-state index < -0.39 is 0 Å². The molecule has 5 rings (SSSR count). The van der Waals surface area contributed by atoms with Gasteiger partial charge in [0.05, 0.1) is 13.2 Å². The zero-order chi connectivity index (χ0) is 21.8. The zero-order valence-corrected chi connectivity index (χ0v) is 19.0. The predicted octanol–water partition coefficient (Wildman–Crippen LogP) is 5.38. The number of methoxy groups -OCH3 is 1. The topological polar surface area (TPSA) is 47.6 Å². The summed E-state index contributed by atoms with van der Waals surface area (Å²) in [4.78, 5) is 12.1. The maximum atomic E-state index is 12.1. The Morgan fingerprint density at radius 3 is 2.55 bits per heavy atom. The van der Waals surface area contributed by atoms with Gasteiger partial charge in [0.1, 0.15) is 5.75 Å². The molecule has 3 fully saturated rings. The molecule has 1 N–H and O–H groups in total. The highest BCUT2D eigenvalue weighted by Crippen LogP contribution is 2.70. The summed E-state index contributed by atoms with van der Waals surface area (Å²) in [6.45, 7) is 7.08. The van der Waals surface area contributed by atoms with Crippen LogP contribution in [0.3, 0.4) is 0 Å². The van der Waals surface area contributed by atoms with E-state index in [0.29, 0.717) is 11.8 Å². The van der Waals surface area contributed by atoms with E-state index >= 15 is 0 Å². The number of ether oxygens (including phenoxy) is 2. The van der Waals surface area contributed by atoms with Crippen molar-refractivity contribution in [3.8, 4) is 16.9 Å². The third-order valence-electron chi connectivity index (χ3n) is 8.52. The molecule has 1 spiro atoms. The van der Waals surface area contributed by atoms with Crippen LogP contribution in [-0.4, -0.2) is 25.7 Å². The number of carbonyl (C=O) groups excluding carboxylic acids is 1. The highest BCUT2D eigenvalue weighted by atomic mass is 16.5. The summed E-state index contributed by atoms with van der Waals surface area (Å²) in [5, 5.41) is 3.38. The molecule has 0 radical (unpaired) electrons. The SMILES string of the molecule is COc1ccccc1-c1ccccc1[C@H]1OCCC23C[C@@H](C[C@H]12)C(C)(C)[C@@H]3NC(C)=O. The Morgan fingerprint density at radius 1 is 1.10 bits per heavy atom. The second-order valence-electron chi connectivity index (χ2n) is 10.3. The lowest BCUT2D eigenvalue weighted by Crippen LogP contribution is -2.58. The molecule has 0 aromatic heterocycles. The van der Waals surface area contributed by atoms with Crippen LogP contribution >= 0.6 is 0 Å². The van der Waals surface area contributed by atoms with E-state index in [0.717, 1.165) is 30.8 Å². The molecule has 164 valence electrons. The normalized spacial score (nSPS) is 33.0. The highest BCUT2D eigenvalue weighted by Gasteiger charge is 2.68. The van der Waals surface area contributed by atoms with Gasteiger partial charge in [0, 0.05) is 25.1 Å². The van der Waals surface area contributed by atoms with Crippen LogP contribution in [0.5, 0.6) is 5.75 Å². The highest BCUT2D eigenvalue weighted by molar-refractivity contribution is 5.74. The van der Waals surface area contributed by atoms with Crippen LogP contribution in [0.2, 0.25) is 0 Å². The zero-order valence-electron chi connectivity index (χ0n) is 19.0. The molecule has 31 heavy (non-hydrogen) atoms. The minimum Gasteiger partial charge on any atom is -0.496 e. The quantitative estimate of drug-likeness (QED) is 0.724. The number of hydrogen-bond acceptors (Lipinski definition) is 3. The van der Waals surface area contributed by atoms with Gasteiger partial charge >= 0.3 is 0 Å². The van der Waals surface area contributed by atoms with Crippen molar-refractivity contribution in [3.63, 3.8) is 0 Å². The van der Waals surface area contributed by atoms with Crippen molar-refractivity contribution < 1.29 is 14.3 Å². The van der Waals surface area contributed by atoms with E-state index in [4.69, 9.17) is 9.47 Å². The van der Waals surface area contributed by atoms with Gasteiger partial charge in [0.25, 0.3) is 0 Å². The standard InChI is InChI=1S/C27H33NO3/c1-17(29)28-25-26(2,3)18-15-22-24(31-14-13-27(22,25)16-18)21-11-6-5-9-19(21)20-10-7-8-12-23(20)30-4/h5-12,18,22,24-25H,13-16H2,1-4H3,(H,28,29)/t18-,22-,24-,25+,27?/m1/s1. The molecule has 1 saturated heterocycles. The van der Waals surface area contributed by atoms with Gasteiger partial charge < -0.3 is 14.8 Å². The summed E-state index contributed by atoms with van der Waals surface area (Å²) in [5.41, 5.74) is 3.75. The fourth-order valence-electron chi connectivity index (χ4n) is 7.16. The molecule has 2 aliphatic carbocycles. The van der Waals surface area contributed by atoms with E-state index in [9.17, 15) is 4.79 Å². The van der Waals surface area contributed by atoms with Gasteiger partial charge in [-0.3, -0.25) is 4.79 Å². The Labute approximate surface area is 185 Å². The second kappa shape index (κ2) is 7.37. The maximum Gasteiger partial charge on any atom is 0.217 e. The number of amides is 1. The van der Waals surface area contributed by atoms with Gasteiger partial charge in [-0.15, -0.1) is 0 Å². The molecule has 1 aliphatic heterocycles. The minimum atomic E-state index is 0.0345. The van der Waals surface area contributed by atoms with Crippen molar-refractivity contribution >= 4 is 5.91 Å². The lowest BCUT2D eigenvalue weighted by molar-refractivity contribution is -0.135. The average molecular weight is 420 g/mol. The number of para-hydroxylation sites is 1. The van der Waals surface area contributed by atoms with Crippen LogP contribution in [0.4, 0.5) is 0 Å². The molecule has 2 saturated carbocycles.